The van der Waals surface area contributed by atoms with E-state index < -0.39 is 6.04 Å². The van der Waals surface area contributed by atoms with Gasteiger partial charge < -0.3 is 10.8 Å². The van der Waals surface area contributed by atoms with E-state index in [-0.39, 0.29) is 18.0 Å². The molecule has 0 saturated carbocycles. The maximum Gasteiger partial charge on any atom is 0.158 e. The Balaban J connectivity index is 2.06. The Morgan fingerprint density at radius 3 is 2.28 bits per heavy atom. The molecule has 1 atom stereocenters. The van der Waals surface area contributed by atoms with Gasteiger partial charge in [-0.25, -0.2) is 0 Å². The monoisotopic (exact) mass is 241 g/mol. The summed E-state index contributed by atoms with van der Waals surface area (Å²) in [7, 11) is 0. The van der Waals surface area contributed by atoms with Crippen LogP contribution in [0.15, 0.2) is 54.6 Å². The fraction of sp³-hybridized carbons (Fsp3) is 0.133. The highest BCUT2D eigenvalue weighted by Gasteiger charge is 2.15. The number of rotatable bonds is 4. The average molecular weight is 241 g/mol. The van der Waals surface area contributed by atoms with Crippen LogP contribution >= 0.6 is 0 Å². The van der Waals surface area contributed by atoms with Crippen molar-refractivity contribution in [2.24, 2.45) is 5.73 Å². The van der Waals surface area contributed by atoms with E-state index in [1.165, 1.54) is 0 Å². The number of phenolic OH excluding ortho intramolecular Hbond substituents is 1. The molecule has 0 aromatic heterocycles. The van der Waals surface area contributed by atoms with Crippen LogP contribution in [0, 0.1) is 0 Å². The number of phenols is 1. The quantitative estimate of drug-likeness (QED) is 0.862. The summed E-state index contributed by atoms with van der Waals surface area (Å²) in [5, 5.41) is 9.17. The summed E-state index contributed by atoms with van der Waals surface area (Å²) in [6.07, 6.45) is 0.274. The first kappa shape index (κ1) is 12.3. The number of carbonyl (C=O) groups excluding carboxylic acids is 1. The van der Waals surface area contributed by atoms with Crippen molar-refractivity contribution in [1.82, 2.24) is 0 Å². The Morgan fingerprint density at radius 2 is 1.67 bits per heavy atom. The van der Waals surface area contributed by atoms with E-state index in [1.54, 1.807) is 24.3 Å². The number of benzene rings is 2. The Bertz CT molecular complexity index is 520. The first-order valence-corrected chi connectivity index (χ1v) is 5.78. The van der Waals surface area contributed by atoms with E-state index in [9.17, 15) is 4.79 Å². The number of aromatic hydroxyl groups is 1. The lowest BCUT2D eigenvalue weighted by molar-refractivity contribution is -0.119. The minimum Gasteiger partial charge on any atom is -0.508 e. The molecular weight excluding hydrogens is 226 g/mol. The van der Waals surface area contributed by atoms with Gasteiger partial charge in [-0.05, 0) is 23.3 Å². The third-order valence-corrected chi connectivity index (χ3v) is 2.82. The van der Waals surface area contributed by atoms with Gasteiger partial charge in [0.05, 0.1) is 6.04 Å². The van der Waals surface area contributed by atoms with Gasteiger partial charge in [0, 0.05) is 6.42 Å². The molecule has 2 aromatic rings. The molecule has 0 fully saturated rings. The van der Waals surface area contributed by atoms with Gasteiger partial charge in [-0.15, -0.1) is 0 Å². The van der Waals surface area contributed by atoms with E-state index in [0.717, 1.165) is 11.1 Å². The normalized spacial score (nSPS) is 12.1. The van der Waals surface area contributed by atoms with Crippen LogP contribution in [0.25, 0.3) is 0 Å². The van der Waals surface area contributed by atoms with E-state index in [2.05, 4.69) is 0 Å². The summed E-state index contributed by atoms with van der Waals surface area (Å²) in [4.78, 5) is 12.0. The molecule has 3 N–H and O–H groups in total. The maximum atomic E-state index is 12.0. The van der Waals surface area contributed by atoms with Gasteiger partial charge in [-0.3, -0.25) is 4.79 Å². The minimum absolute atomic E-state index is 0.0353. The lowest BCUT2D eigenvalue weighted by atomic mass is 9.98. The highest BCUT2D eigenvalue weighted by atomic mass is 16.3. The zero-order valence-corrected chi connectivity index (χ0v) is 9.91. The molecule has 3 nitrogen and oxygen atoms in total. The van der Waals surface area contributed by atoms with Crippen molar-refractivity contribution < 1.29 is 9.90 Å². The second-order valence-electron chi connectivity index (χ2n) is 4.20. The second kappa shape index (κ2) is 5.47. The number of nitrogens with two attached hydrogens (primary N) is 1. The molecule has 92 valence electrons. The Labute approximate surface area is 106 Å². The number of ketones is 1. The van der Waals surface area contributed by atoms with E-state index in [4.69, 9.17) is 10.8 Å². The Morgan fingerprint density at radius 1 is 1.06 bits per heavy atom. The Hall–Kier alpha value is -2.13. The SMILES string of the molecule is N[C@@H](C(=O)Cc1ccc(O)cc1)c1ccccc1. The fourth-order valence-electron chi connectivity index (χ4n) is 1.77. The van der Waals surface area contributed by atoms with Gasteiger partial charge in [-0.1, -0.05) is 42.5 Å². The largest absolute Gasteiger partial charge is 0.508 e. The Kier molecular flexibility index (Phi) is 3.75. The summed E-state index contributed by atoms with van der Waals surface area (Å²) in [5.41, 5.74) is 7.59. The second-order valence-corrected chi connectivity index (χ2v) is 4.20. The zero-order chi connectivity index (χ0) is 13.0. The van der Waals surface area contributed by atoms with E-state index in [0.29, 0.717) is 0 Å². The van der Waals surface area contributed by atoms with Crippen LogP contribution in [0.2, 0.25) is 0 Å². The molecule has 0 amide bonds. The van der Waals surface area contributed by atoms with Crippen molar-refractivity contribution in [3.05, 3.63) is 65.7 Å². The van der Waals surface area contributed by atoms with Gasteiger partial charge >= 0.3 is 0 Å². The van der Waals surface area contributed by atoms with Gasteiger partial charge in [0.25, 0.3) is 0 Å². The topological polar surface area (TPSA) is 63.3 Å². The molecular formula is C15H15NO2. The lowest BCUT2D eigenvalue weighted by Gasteiger charge is -2.10. The van der Waals surface area contributed by atoms with Crippen LogP contribution < -0.4 is 5.73 Å². The summed E-state index contributed by atoms with van der Waals surface area (Å²) in [5.74, 6) is 0.158. The first-order valence-electron chi connectivity index (χ1n) is 5.78. The standard InChI is InChI=1S/C15H15NO2/c16-15(12-4-2-1-3-5-12)14(18)10-11-6-8-13(17)9-7-11/h1-9,15,17H,10,16H2/t15-/m1/s1. The highest BCUT2D eigenvalue weighted by Crippen LogP contribution is 2.15. The summed E-state index contributed by atoms with van der Waals surface area (Å²) in [6, 6.07) is 15.3. The third-order valence-electron chi connectivity index (χ3n) is 2.82. The number of Topliss-reactive ketones (excluding diaryl/α,β-unsaturated/α-hetero) is 1. The number of carbonyl (C=O) groups is 1. The molecule has 0 radical (unpaired) electrons. The minimum atomic E-state index is -0.597. The number of hydrogen-bond acceptors (Lipinski definition) is 3. The first-order chi connectivity index (χ1) is 8.66. The van der Waals surface area contributed by atoms with Gasteiger partial charge in [0.15, 0.2) is 5.78 Å². The van der Waals surface area contributed by atoms with Crippen LogP contribution in [0.5, 0.6) is 5.75 Å². The van der Waals surface area contributed by atoms with Crippen LogP contribution in [0.1, 0.15) is 17.2 Å². The van der Waals surface area contributed by atoms with Gasteiger partial charge in [0.1, 0.15) is 5.75 Å². The molecule has 0 unspecified atom stereocenters. The molecule has 0 saturated heterocycles. The predicted molar refractivity (Wildman–Crippen MR) is 70.2 cm³/mol. The van der Waals surface area contributed by atoms with Crippen molar-refractivity contribution >= 4 is 5.78 Å². The molecule has 2 rings (SSSR count). The van der Waals surface area contributed by atoms with E-state index in [1.807, 2.05) is 30.3 Å². The van der Waals surface area contributed by atoms with Crippen LogP contribution in [-0.4, -0.2) is 10.9 Å². The van der Waals surface area contributed by atoms with Crippen LogP contribution in [0.4, 0.5) is 0 Å². The zero-order valence-electron chi connectivity index (χ0n) is 9.91. The fourth-order valence-corrected chi connectivity index (χ4v) is 1.77. The third kappa shape index (κ3) is 2.96. The average Bonchev–Trinajstić information content (AvgIpc) is 2.41. The van der Waals surface area contributed by atoms with Crippen molar-refractivity contribution in [2.45, 2.75) is 12.5 Å². The molecule has 0 heterocycles. The van der Waals surface area contributed by atoms with Crippen molar-refractivity contribution in [3.8, 4) is 5.75 Å². The summed E-state index contributed by atoms with van der Waals surface area (Å²) < 4.78 is 0. The van der Waals surface area contributed by atoms with Crippen LogP contribution in [0.3, 0.4) is 0 Å². The molecule has 2 aromatic carbocycles. The molecule has 0 aliphatic rings. The smallest absolute Gasteiger partial charge is 0.158 e. The molecule has 0 bridgehead atoms. The van der Waals surface area contributed by atoms with Crippen molar-refractivity contribution in [3.63, 3.8) is 0 Å². The summed E-state index contributed by atoms with van der Waals surface area (Å²) in [6.45, 7) is 0. The van der Waals surface area contributed by atoms with E-state index >= 15 is 0 Å². The van der Waals surface area contributed by atoms with Crippen LogP contribution in [-0.2, 0) is 11.2 Å². The molecule has 0 spiro atoms. The lowest BCUT2D eigenvalue weighted by Crippen LogP contribution is -2.22. The molecule has 0 aliphatic carbocycles. The van der Waals surface area contributed by atoms with Gasteiger partial charge in [0.2, 0.25) is 0 Å². The summed E-state index contributed by atoms with van der Waals surface area (Å²) >= 11 is 0. The van der Waals surface area contributed by atoms with Gasteiger partial charge in [-0.2, -0.15) is 0 Å². The highest BCUT2D eigenvalue weighted by molar-refractivity contribution is 5.87. The number of hydrogen-bond donors (Lipinski definition) is 2. The maximum absolute atomic E-state index is 12.0. The molecule has 3 heteroatoms. The molecule has 0 aliphatic heterocycles. The van der Waals surface area contributed by atoms with Crippen molar-refractivity contribution in [2.75, 3.05) is 0 Å². The van der Waals surface area contributed by atoms with Crippen molar-refractivity contribution in [1.29, 1.82) is 0 Å². The molecule has 18 heavy (non-hydrogen) atoms. The predicted octanol–water partition coefficient (Wildman–Crippen LogP) is 2.20.